The molecule has 0 N–H and O–H groups in total. The molecule has 2 aromatic rings. The molecule has 0 unspecified atom stereocenters. The summed E-state index contributed by atoms with van der Waals surface area (Å²) < 4.78 is 2.07. The molecule has 1 aromatic heterocycles. The monoisotopic (exact) mass is 413 g/mol. The fourth-order valence-corrected chi connectivity index (χ4v) is 5.39. The SMILES string of the molecule is O=C(CSc1cn(CC(=O)N2CCCCCC2)c2ccccc12)N1CCCCC1. The van der Waals surface area contributed by atoms with Crippen molar-refractivity contribution in [2.75, 3.05) is 31.9 Å². The number of carbonyl (C=O) groups excluding carboxylic acids is 2. The standard InChI is InChI=1S/C23H31N3O2S/c27-22(24-12-6-1-2-7-13-24)17-26-16-21(19-10-4-5-11-20(19)26)29-18-23(28)25-14-8-3-9-15-25/h4-5,10-11,16H,1-3,6-9,12-15,17-18H2. The highest BCUT2D eigenvalue weighted by Gasteiger charge is 2.20. The van der Waals surface area contributed by atoms with Crippen LogP contribution >= 0.6 is 11.8 Å². The summed E-state index contributed by atoms with van der Waals surface area (Å²) in [6, 6.07) is 8.21. The Labute approximate surface area is 177 Å². The van der Waals surface area contributed by atoms with Crippen molar-refractivity contribution in [2.24, 2.45) is 0 Å². The van der Waals surface area contributed by atoms with Crippen LogP contribution in [0.25, 0.3) is 10.9 Å². The van der Waals surface area contributed by atoms with E-state index in [1.807, 2.05) is 21.9 Å². The number of carbonyl (C=O) groups is 2. The molecule has 2 saturated heterocycles. The minimum atomic E-state index is 0.202. The lowest BCUT2D eigenvalue weighted by Crippen LogP contribution is -2.36. The molecule has 29 heavy (non-hydrogen) atoms. The van der Waals surface area contributed by atoms with Crippen LogP contribution in [0.1, 0.15) is 44.9 Å². The van der Waals surface area contributed by atoms with E-state index in [0.717, 1.165) is 67.7 Å². The number of amides is 2. The summed E-state index contributed by atoms with van der Waals surface area (Å²) in [6.07, 6.45) is 10.2. The first kappa shape index (κ1) is 20.3. The van der Waals surface area contributed by atoms with Gasteiger partial charge in [-0.2, -0.15) is 0 Å². The minimum absolute atomic E-state index is 0.202. The van der Waals surface area contributed by atoms with E-state index in [1.165, 1.54) is 19.3 Å². The van der Waals surface area contributed by atoms with Crippen molar-refractivity contribution in [3.05, 3.63) is 30.5 Å². The number of hydrogen-bond donors (Lipinski definition) is 0. The van der Waals surface area contributed by atoms with Gasteiger partial charge in [0.1, 0.15) is 6.54 Å². The van der Waals surface area contributed by atoms with Gasteiger partial charge in [-0.15, -0.1) is 11.8 Å². The molecule has 4 rings (SSSR count). The number of hydrogen-bond acceptors (Lipinski definition) is 3. The fraction of sp³-hybridized carbons (Fsp3) is 0.565. The number of para-hydroxylation sites is 1. The van der Waals surface area contributed by atoms with Crippen LogP contribution in [-0.4, -0.2) is 58.1 Å². The zero-order valence-electron chi connectivity index (χ0n) is 17.1. The van der Waals surface area contributed by atoms with Gasteiger partial charge in [-0.1, -0.05) is 31.0 Å². The lowest BCUT2D eigenvalue weighted by molar-refractivity contribution is -0.131. The molecule has 2 aliphatic rings. The third kappa shape index (κ3) is 4.97. The van der Waals surface area contributed by atoms with Crippen LogP contribution in [0.3, 0.4) is 0 Å². The maximum absolute atomic E-state index is 12.9. The molecule has 6 heteroatoms. The number of likely N-dealkylation sites (tertiary alicyclic amines) is 2. The highest BCUT2D eigenvalue weighted by atomic mass is 32.2. The molecule has 0 spiro atoms. The van der Waals surface area contributed by atoms with E-state index >= 15 is 0 Å². The van der Waals surface area contributed by atoms with Crippen LogP contribution in [-0.2, 0) is 16.1 Å². The molecule has 0 atom stereocenters. The molecular formula is C23H31N3O2S. The highest BCUT2D eigenvalue weighted by molar-refractivity contribution is 8.00. The van der Waals surface area contributed by atoms with Crippen molar-refractivity contribution < 1.29 is 9.59 Å². The number of rotatable bonds is 5. The van der Waals surface area contributed by atoms with Crippen LogP contribution in [0.5, 0.6) is 0 Å². The Kier molecular flexibility index (Phi) is 6.80. The van der Waals surface area contributed by atoms with E-state index in [9.17, 15) is 9.59 Å². The van der Waals surface area contributed by atoms with Gasteiger partial charge >= 0.3 is 0 Å². The highest BCUT2D eigenvalue weighted by Crippen LogP contribution is 2.30. The number of thioether (sulfide) groups is 1. The Morgan fingerprint density at radius 3 is 2.07 bits per heavy atom. The van der Waals surface area contributed by atoms with Crippen molar-refractivity contribution in [1.82, 2.24) is 14.4 Å². The Balaban J connectivity index is 1.46. The van der Waals surface area contributed by atoms with E-state index in [1.54, 1.807) is 11.8 Å². The molecule has 5 nitrogen and oxygen atoms in total. The minimum Gasteiger partial charge on any atom is -0.342 e. The molecule has 2 amide bonds. The van der Waals surface area contributed by atoms with Crippen molar-refractivity contribution in [1.29, 1.82) is 0 Å². The topological polar surface area (TPSA) is 45.6 Å². The maximum atomic E-state index is 12.9. The van der Waals surface area contributed by atoms with E-state index in [4.69, 9.17) is 0 Å². The van der Waals surface area contributed by atoms with E-state index < -0.39 is 0 Å². The van der Waals surface area contributed by atoms with Crippen LogP contribution in [0.2, 0.25) is 0 Å². The van der Waals surface area contributed by atoms with Gasteiger partial charge in [0.05, 0.1) is 5.75 Å². The molecular weight excluding hydrogens is 382 g/mol. The lowest BCUT2D eigenvalue weighted by atomic mass is 10.1. The van der Waals surface area contributed by atoms with Gasteiger partial charge in [0.25, 0.3) is 0 Å². The van der Waals surface area contributed by atoms with Gasteiger partial charge in [0, 0.05) is 48.2 Å². The van der Waals surface area contributed by atoms with Crippen LogP contribution in [0.4, 0.5) is 0 Å². The second kappa shape index (κ2) is 9.70. The van der Waals surface area contributed by atoms with Crippen LogP contribution < -0.4 is 0 Å². The fourth-order valence-electron chi connectivity index (χ4n) is 4.40. The largest absolute Gasteiger partial charge is 0.342 e. The van der Waals surface area contributed by atoms with Gasteiger partial charge < -0.3 is 14.4 Å². The van der Waals surface area contributed by atoms with Gasteiger partial charge in [0.15, 0.2) is 0 Å². The second-order valence-electron chi connectivity index (χ2n) is 8.16. The van der Waals surface area contributed by atoms with Crippen LogP contribution in [0.15, 0.2) is 35.4 Å². The molecule has 0 bridgehead atoms. The molecule has 0 radical (unpaired) electrons. The second-order valence-corrected chi connectivity index (χ2v) is 9.18. The number of aromatic nitrogens is 1. The van der Waals surface area contributed by atoms with E-state index in [0.29, 0.717) is 12.3 Å². The maximum Gasteiger partial charge on any atom is 0.242 e. The first-order chi connectivity index (χ1) is 14.2. The first-order valence-electron chi connectivity index (χ1n) is 11.0. The predicted octanol–water partition coefficient (Wildman–Crippen LogP) is 4.15. The average molecular weight is 414 g/mol. The summed E-state index contributed by atoms with van der Waals surface area (Å²) >= 11 is 1.60. The van der Waals surface area contributed by atoms with Crippen molar-refractivity contribution in [3.8, 4) is 0 Å². The zero-order valence-corrected chi connectivity index (χ0v) is 18.0. The molecule has 156 valence electrons. The summed E-state index contributed by atoms with van der Waals surface area (Å²) in [5, 5.41) is 1.13. The van der Waals surface area contributed by atoms with E-state index in [2.05, 4.69) is 22.9 Å². The smallest absolute Gasteiger partial charge is 0.242 e. The van der Waals surface area contributed by atoms with Gasteiger partial charge in [0.2, 0.25) is 11.8 Å². The summed E-state index contributed by atoms with van der Waals surface area (Å²) in [5.74, 6) is 0.898. The predicted molar refractivity (Wildman–Crippen MR) is 118 cm³/mol. The number of piperidine rings is 1. The Bertz CT molecular complexity index is 849. The van der Waals surface area contributed by atoms with Crippen molar-refractivity contribution in [3.63, 3.8) is 0 Å². The van der Waals surface area contributed by atoms with Crippen molar-refractivity contribution in [2.45, 2.75) is 56.4 Å². The summed E-state index contributed by atoms with van der Waals surface area (Å²) in [6.45, 7) is 3.92. The Hall–Kier alpha value is -1.95. The summed E-state index contributed by atoms with van der Waals surface area (Å²) in [5.41, 5.74) is 1.07. The number of fused-ring (bicyclic) bond motifs is 1. The first-order valence-corrected chi connectivity index (χ1v) is 12.0. The Morgan fingerprint density at radius 2 is 1.38 bits per heavy atom. The molecule has 2 aliphatic heterocycles. The molecule has 0 aliphatic carbocycles. The van der Waals surface area contributed by atoms with Crippen molar-refractivity contribution >= 4 is 34.5 Å². The quantitative estimate of drug-likeness (QED) is 0.692. The summed E-state index contributed by atoms with van der Waals surface area (Å²) in [4.78, 5) is 30.6. The van der Waals surface area contributed by atoms with Gasteiger partial charge in [-0.25, -0.2) is 0 Å². The summed E-state index contributed by atoms with van der Waals surface area (Å²) in [7, 11) is 0. The molecule has 3 heterocycles. The van der Waals surface area contributed by atoms with Crippen LogP contribution in [0, 0.1) is 0 Å². The molecule has 2 fully saturated rings. The van der Waals surface area contributed by atoms with Gasteiger partial charge in [-0.3, -0.25) is 9.59 Å². The Morgan fingerprint density at radius 1 is 0.793 bits per heavy atom. The number of nitrogens with zero attached hydrogens (tertiary/aromatic N) is 3. The average Bonchev–Trinajstić information content (AvgIpc) is 2.93. The van der Waals surface area contributed by atoms with E-state index in [-0.39, 0.29) is 11.8 Å². The third-order valence-corrected chi connectivity index (χ3v) is 7.10. The molecule has 1 aromatic carbocycles. The lowest BCUT2D eigenvalue weighted by Gasteiger charge is -2.26. The number of benzene rings is 1. The third-order valence-electron chi connectivity index (χ3n) is 6.08. The molecule has 0 saturated carbocycles. The van der Waals surface area contributed by atoms with Gasteiger partial charge in [-0.05, 0) is 38.2 Å². The normalized spacial score (nSPS) is 18.1. The zero-order chi connectivity index (χ0) is 20.1.